The summed E-state index contributed by atoms with van der Waals surface area (Å²) in [5.41, 5.74) is 7.53. The molecule has 0 unspecified atom stereocenters. The molecule has 0 atom stereocenters. The Kier molecular flexibility index (Phi) is 4.29. The second-order valence-corrected chi connectivity index (χ2v) is 6.95. The minimum atomic E-state index is -0.0173. The molecule has 0 fully saturated rings. The van der Waals surface area contributed by atoms with E-state index in [1.807, 2.05) is 60.7 Å². The number of rotatable bonds is 4. The average Bonchev–Trinajstić information content (AvgIpc) is 3.41. The summed E-state index contributed by atoms with van der Waals surface area (Å²) in [7, 11) is 0. The lowest BCUT2D eigenvalue weighted by Crippen LogP contribution is -2.31. The van der Waals surface area contributed by atoms with Crippen molar-refractivity contribution in [3.8, 4) is 22.5 Å². The fourth-order valence-electron chi connectivity index (χ4n) is 3.59. The van der Waals surface area contributed by atoms with Crippen LogP contribution >= 0.6 is 0 Å². The van der Waals surface area contributed by atoms with E-state index in [0.29, 0.717) is 6.54 Å². The number of benzene rings is 1. The lowest BCUT2D eigenvalue weighted by atomic mass is 10.1. The van der Waals surface area contributed by atoms with Crippen LogP contribution in [0.3, 0.4) is 0 Å². The van der Waals surface area contributed by atoms with Crippen LogP contribution in [0, 0.1) is 0 Å². The molecule has 142 valence electrons. The van der Waals surface area contributed by atoms with Gasteiger partial charge < -0.3 is 10.3 Å². The van der Waals surface area contributed by atoms with Crippen LogP contribution in [0.2, 0.25) is 0 Å². The summed E-state index contributed by atoms with van der Waals surface area (Å²) < 4.78 is 0. The number of nitrogens with one attached hydrogen (secondary N) is 3. The SMILES string of the molecule is O=C1NCCc2[nH]c(-c3ccnc(C=Cc4cn[nH]c4-c4ccccc4)c3)cc21. The third-order valence-electron chi connectivity index (χ3n) is 5.06. The molecule has 4 aromatic rings. The van der Waals surface area contributed by atoms with E-state index in [0.717, 1.165) is 51.5 Å². The second kappa shape index (κ2) is 7.24. The zero-order valence-corrected chi connectivity index (χ0v) is 15.6. The monoisotopic (exact) mass is 381 g/mol. The predicted molar refractivity (Wildman–Crippen MR) is 113 cm³/mol. The first-order valence-corrected chi connectivity index (χ1v) is 9.51. The van der Waals surface area contributed by atoms with E-state index >= 15 is 0 Å². The number of carbonyl (C=O) groups excluding carboxylic acids is 1. The summed E-state index contributed by atoms with van der Waals surface area (Å²) in [6.45, 7) is 0.671. The number of pyridine rings is 1. The van der Waals surface area contributed by atoms with Gasteiger partial charge >= 0.3 is 0 Å². The van der Waals surface area contributed by atoms with Crippen molar-refractivity contribution in [2.24, 2.45) is 0 Å². The first-order valence-electron chi connectivity index (χ1n) is 9.51. The summed E-state index contributed by atoms with van der Waals surface area (Å²) in [6, 6.07) is 16.0. The van der Waals surface area contributed by atoms with Gasteiger partial charge in [-0.2, -0.15) is 5.10 Å². The number of carbonyl (C=O) groups is 1. The molecule has 0 saturated heterocycles. The predicted octanol–water partition coefficient (Wildman–Crippen LogP) is 3.92. The minimum absolute atomic E-state index is 0.0173. The molecule has 0 spiro atoms. The van der Waals surface area contributed by atoms with Gasteiger partial charge in [-0.3, -0.25) is 14.9 Å². The zero-order chi connectivity index (χ0) is 19.6. The van der Waals surface area contributed by atoms with Crippen LogP contribution in [0.5, 0.6) is 0 Å². The fraction of sp³-hybridized carbons (Fsp3) is 0.0870. The Morgan fingerprint density at radius 2 is 1.90 bits per heavy atom. The van der Waals surface area contributed by atoms with Gasteiger partial charge in [0.2, 0.25) is 0 Å². The number of aromatic nitrogens is 4. The van der Waals surface area contributed by atoms with E-state index in [4.69, 9.17) is 0 Å². The number of nitrogens with zero attached hydrogens (tertiary/aromatic N) is 2. The van der Waals surface area contributed by atoms with Crippen molar-refractivity contribution in [2.45, 2.75) is 6.42 Å². The Morgan fingerprint density at radius 3 is 2.76 bits per heavy atom. The highest BCUT2D eigenvalue weighted by molar-refractivity contribution is 5.97. The minimum Gasteiger partial charge on any atom is -0.358 e. The summed E-state index contributed by atoms with van der Waals surface area (Å²) in [6.07, 6.45) is 8.38. The molecule has 5 rings (SSSR count). The molecule has 0 bridgehead atoms. The number of fused-ring (bicyclic) bond motifs is 1. The normalized spacial score (nSPS) is 13.4. The highest BCUT2D eigenvalue weighted by atomic mass is 16.1. The lowest BCUT2D eigenvalue weighted by Gasteiger charge is -2.10. The van der Waals surface area contributed by atoms with Crippen molar-refractivity contribution in [1.29, 1.82) is 0 Å². The van der Waals surface area contributed by atoms with Crippen LogP contribution in [0.4, 0.5) is 0 Å². The molecular weight excluding hydrogens is 362 g/mol. The smallest absolute Gasteiger partial charge is 0.253 e. The van der Waals surface area contributed by atoms with Crippen molar-refractivity contribution in [2.75, 3.05) is 6.54 Å². The lowest BCUT2D eigenvalue weighted by molar-refractivity contribution is 0.0946. The Labute approximate surface area is 167 Å². The molecule has 3 N–H and O–H groups in total. The molecule has 0 aliphatic carbocycles. The summed E-state index contributed by atoms with van der Waals surface area (Å²) in [5, 5.41) is 10.1. The number of hydrogen-bond acceptors (Lipinski definition) is 3. The Morgan fingerprint density at radius 1 is 1.00 bits per heavy atom. The Bertz CT molecular complexity index is 1200. The fourth-order valence-corrected chi connectivity index (χ4v) is 3.59. The summed E-state index contributed by atoms with van der Waals surface area (Å²) in [5.74, 6) is -0.0173. The molecule has 1 aliphatic heterocycles. The standard InChI is InChI=1S/C23H19N5O/c29-23-19-13-21(27-20(19)9-11-25-23)16-8-10-24-18(12-16)7-6-17-14-26-28-22(17)15-4-2-1-3-5-15/h1-8,10,12-14,27H,9,11H2,(H,25,29)(H,26,28). The summed E-state index contributed by atoms with van der Waals surface area (Å²) >= 11 is 0. The van der Waals surface area contributed by atoms with Gasteiger partial charge in [-0.05, 0) is 30.4 Å². The largest absolute Gasteiger partial charge is 0.358 e. The van der Waals surface area contributed by atoms with Crippen LogP contribution in [0.25, 0.3) is 34.7 Å². The van der Waals surface area contributed by atoms with Crippen LogP contribution < -0.4 is 5.32 Å². The van der Waals surface area contributed by atoms with Crippen molar-refractivity contribution in [1.82, 2.24) is 25.5 Å². The van der Waals surface area contributed by atoms with E-state index in [1.54, 1.807) is 12.4 Å². The third kappa shape index (κ3) is 3.36. The number of hydrogen-bond donors (Lipinski definition) is 3. The first-order chi connectivity index (χ1) is 14.3. The van der Waals surface area contributed by atoms with Crippen molar-refractivity contribution in [3.63, 3.8) is 0 Å². The van der Waals surface area contributed by atoms with Crippen LogP contribution in [-0.2, 0) is 6.42 Å². The molecule has 0 radical (unpaired) electrons. The quantitative estimate of drug-likeness (QED) is 0.501. The summed E-state index contributed by atoms with van der Waals surface area (Å²) in [4.78, 5) is 19.8. The number of H-pyrrole nitrogens is 2. The van der Waals surface area contributed by atoms with Crippen molar-refractivity contribution in [3.05, 3.63) is 83.4 Å². The number of amides is 1. The maximum Gasteiger partial charge on any atom is 0.253 e. The van der Waals surface area contributed by atoms with Gasteiger partial charge in [0.1, 0.15) is 0 Å². The average molecular weight is 381 g/mol. The highest BCUT2D eigenvalue weighted by Gasteiger charge is 2.19. The molecular formula is C23H19N5O. The number of aromatic amines is 2. The molecule has 0 saturated carbocycles. The van der Waals surface area contributed by atoms with Gasteiger partial charge in [0.25, 0.3) is 5.91 Å². The van der Waals surface area contributed by atoms with Gasteiger partial charge in [0.15, 0.2) is 0 Å². The maximum absolute atomic E-state index is 12.0. The maximum atomic E-state index is 12.0. The van der Waals surface area contributed by atoms with Crippen LogP contribution in [0.15, 0.2) is 60.9 Å². The zero-order valence-electron chi connectivity index (χ0n) is 15.6. The van der Waals surface area contributed by atoms with Crippen LogP contribution in [-0.4, -0.2) is 32.6 Å². The van der Waals surface area contributed by atoms with E-state index < -0.39 is 0 Å². The Balaban J connectivity index is 1.43. The van der Waals surface area contributed by atoms with Crippen molar-refractivity contribution >= 4 is 18.1 Å². The molecule has 1 aliphatic rings. The van der Waals surface area contributed by atoms with Gasteiger partial charge in [0, 0.05) is 47.2 Å². The van der Waals surface area contributed by atoms with Crippen molar-refractivity contribution < 1.29 is 4.79 Å². The van der Waals surface area contributed by atoms with Gasteiger partial charge in [0.05, 0.1) is 23.1 Å². The molecule has 29 heavy (non-hydrogen) atoms. The van der Waals surface area contributed by atoms with Gasteiger partial charge in [-0.15, -0.1) is 0 Å². The van der Waals surface area contributed by atoms with E-state index in [-0.39, 0.29) is 5.91 Å². The van der Waals surface area contributed by atoms with Crippen LogP contribution in [0.1, 0.15) is 27.3 Å². The Hall–Kier alpha value is -3.93. The topological polar surface area (TPSA) is 86.5 Å². The molecule has 6 nitrogen and oxygen atoms in total. The second-order valence-electron chi connectivity index (χ2n) is 6.95. The first kappa shape index (κ1) is 17.2. The molecule has 1 amide bonds. The molecule has 6 heteroatoms. The molecule has 3 aromatic heterocycles. The molecule has 4 heterocycles. The third-order valence-corrected chi connectivity index (χ3v) is 5.06. The highest BCUT2D eigenvalue weighted by Crippen LogP contribution is 2.25. The van der Waals surface area contributed by atoms with E-state index in [2.05, 4.69) is 25.5 Å². The van der Waals surface area contributed by atoms with E-state index in [1.165, 1.54) is 0 Å². The van der Waals surface area contributed by atoms with Gasteiger partial charge in [-0.25, -0.2) is 0 Å². The van der Waals surface area contributed by atoms with Gasteiger partial charge in [-0.1, -0.05) is 30.3 Å². The molecule has 1 aromatic carbocycles. The van der Waals surface area contributed by atoms with E-state index in [9.17, 15) is 4.79 Å².